The van der Waals surface area contributed by atoms with Crippen LogP contribution < -0.4 is 30.1 Å². The molecule has 0 bridgehead atoms. The van der Waals surface area contributed by atoms with Crippen LogP contribution in [-0.4, -0.2) is 17.2 Å². The predicted octanol–water partition coefficient (Wildman–Crippen LogP) is 12.0. The summed E-state index contributed by atoms with van der Waals surface area (Å²) in [5.41, 5.74) is 0. The highest BCUT2D eigenvalue weighted by atomic mass is 31.2. The van der Waals surface area contributed by atoms with Crippen molar-refractivity contribution in [1.82, 2.24) is 0 Å². The van der Waals surface area contributed by atoms with Crippen LogP contribution in [0.25, 0.3) is 0 Å². The molecule has 0 fully saturated rings. The van der Waals surface area contributed by atoms with Crippen molar-refractivity contribution in [2.45, 2.75) is 57.8 Å². The van der Waals surface area contributed by atoms with E-state index in [1.165, 1.54) is 22.3 Å². The molecule has 0 saturated heterocycles. The molecule has 0 aromatic heterocycles. The molecule has 0 unspecified atom stereocenters. The smallest absolute Gasteiger partial charge is 0.303 e. The molecule has 1 N–H and O–H groups in total. The molecule has 0 saturated carbocycles. The molecule has 0 radical (unpaired) electrons. The van der Waals surface area contributed by atoms with Crippen LogP contribution in [0, 0.1) is 0 Å². The van der Waals surface area contributed by atoms with Crippen LogP contribution in [-0.2, 0) is 4.79 Å². The molecule has 6 aromatic carbocycles. The average Bonchev–Trinajstić information content (AvgIpc) is 3.19. The van der Waals surface area contributed by atoms with Crippen LogP contribution in [0.3, 0.4) is 0 Å². The summed E-state index contributed by atoms with van der Waals surface area (Å²) in [6, 6.07) is 55.8. The van der Waals surface area contributed by atoms with E-state index >= 15 is 0 Å². The van der Waals surface area contributed by atoms with E-state index in [9.17, 15) is 4.79 Å². The van der Waals surface area contributed by atoms with Crippen LogP contribution in [0.15, 0.2) is 164 Å². The van der Waals surface area contributed by atoms with Gasteiger partial charge in [0.05, 0.1) is 6.16 Å². The normalized spacial score (nSPS) is 11.2. The van der Waals surface area contributed by atoms with E-state index in [2.05, 4.69) is 72.8 Å². The molecule has 6 heteroatoms. The zero-order valence-electron chi connectivity index (χ0n) is 30.2. The summed E-state index contributed by atoms with van der Waals surface area (Å²) in [4.78, 5) is 10.9. The number of hydrogen-bond acceptors (Lipinski definition) is 4. The largest absolute Gasteiger partial charge is 0.481 e. The molecule has 0 spiro atoms. The molecular weight excluding hydrogens is 675 g/mol. The molecule has 0 aliphatic heterocycles. The third-order valence-electron chi connectivity index (χ3n) is 9.40. The Balaban J connectivity index is 1.29. The standard InChI is InChI=1S/C47H47O5P/c48-47(49)24-16-5-3-1-2-4-6-17-37-53(44-31-25-41(26-32-44)50-38-18-10-7-11-19-38,45-33-27-42(28-34-45)51-39-20-12-8-13-21-39)46-35-29-43(30-36-46)52-40-22-14-9-15-23-40/h7-15,18-23,25-36H,1-6,16-17,24,37H2/p+1. The quantitative estimate of drug-likeness (QED) is 0.0627. The van der Waals surface area contributed by atoms with Crippen molar-refractivity contribution in [2.24, 2.45) is 0 Å². The lowest BCUT2D eigenvalue weighted by Gasteiger charge is -2.28. The minimum absolute atomic E-state index is 0.268. The van der Waals surface area contributed by atoms with Crippen molar-refractivity contribution in [3.8, 4) is 34.5 Å². The Morgan fingerprint density at radius 3 is 0.981 bits per heavy atom. The molecule has 0 amide bonds. The minimum atomic E-state index is -2.16. The Morgan fingerprint density at radius 2 is 0.660 bits per heavy atom. The highest BCUT2D eigenvalue weighted by molar-refractivity contribution is 7.95. The zero-order valence-corrected chi connectivity index (χ0v) is 31.1. The molecule has 53 heavy (non-hydrogen) atoms. The summed E-state index contributed by atoms with van der Waals surface area (Å²) in [6.07, 6.45) is 9.82. The van der Waals surface area contributed by atoms with Gasteiger partial charge in [-0.2, -0.15) is 0 Å². The lowest BCUT2D eigenvalue weighted by Crippen LogP contribution is -2.33. The first-order valence-corrected chi connectivity index (χ1v) is 20.7. The van der Waals surface area contributed by atoms with Crippen molar-refractivity contribution in [3.05, 3.63) is 164 Å². The number of ether oxygens (including phenoxy) is 3. The molecule has 0 heterocycles. The summed E-state index contributed by atoms with van der Waals surface area (Å²) in [5, 5.41) is 12.8. The minimum Gasteiger partial charge on any atom is -0.481 e. The Morgan fingerprint density at radius 1 is 0.377 bits per heavy atom. The van der Waals surface area contributed by atoms with Gasteiger partial charge in [0.2, 0.25) is 0 Å². The van der Waals surface area contributed by atoms with Crippen molar-refractivity contribution in [2.75, 3.05) is 6.16 Å². The average molecular weight is 724 g/mol. The van der Waals surface area contributed by atoms with Crippen LogP contribution in [0.5, 0.6) is 34.5 Å². The van der Waals surface area contributed by atoms with Gasteiger partial charge in [-0.1, -0.05) is 86.7 Å². The lowest BCUT2D eigenvalue weighted by molar-refractivity contribution is -0.137. The van der Waals surface area contributed by atoms with Gasteiger partial charge in [0.25, 0.3) is 0 Å². The van der Waals surface area contributed by atoms with Gasteiger partial charge in [0.15, 0.2) is 0 Å². The van der Waals surface area contributed by atoms with Crippen molar-refractivity contribution < 1.29 is 24.1 Å². The van der Waals surface area contributed by atoms with Crippen molar-refractivity contribution >= 4 is 29.1 Å². The van der Waals surface area contributed by atoms with Crippen LogP contribution in [0.4, 0.5) is 0 Å². The van der Waals surface area contributed by atoms with E-state index in [4.69, 9.17) is 19.3 Å². The number of unbranched alkanes of at least 4 members (excludes halogenated alkanes) is 7. The number of carbonyl (C=O) groups is 1. The van der Waals surface area contributed by atoms with Gasteiger partial charge in [0.1, 0.15) is 57.7 Å². The van der Waals surface area contributed by atoms with E-state index in [0.717, 1.165) is 85.6 Å². The Bertz CT molecular complexity index is 1740. The first kappa shape index (κ1) is 37.4. The van der Waals surface area contributed by atoms with Crippen molar-refractivity contribution in [3.63, 3.8) is 0 Å². The van der Waals surface area contributed by atoms with Gasteiger partial charge in [0, 0.05) is 6.42 Å². The second-order valence-electron chi connectivity index (χ2n) is 13.2. The van der Waals surface area contributed by atoms with E-state index in [1.807, 2.05) is 91.0 Å². The van der Waals surface area contributed by atoms with Gasteiger partial charge in [-0.05, 0) is 128 Å². The van der Waals surface area contributed by atoms with Crippen LogP contribution in [0.1, 0.15) is 57.8 Å². The summed E-state index contributed by atoms with van der Waals surface area (Å²) in [6.45, 7) is 0. The van der Waals surface area contributed by atoms with E-state index in [0.29, 0.717) is 0 Å². The number of rotatable bonds is 20. The van der Waals surface area contributed by atoms with Crippen LogP contribution in [0.2, 0.25) is 0 Å². The molecular formula is C47H48O5P+. The van der Waals surface area contributed by atoms with Gasteiger partial charge in [-0.15, -0.1) is 0 Å². The maximum absolute atomic E-state index is 10.9. The number of carboxylic acid groups (broad SMARTS) is 1. The van der Waals surface area contributed by atoms with E-state index in [1.54, 1.807) is 0 Å². The number of benzene rings is 6. The lowest BCUT2D eigenvalue weighted by atomic mass is 10.1. The molecule has 0 aliphatic rings. The fourth-order valence-electron chi connectivity index (χ4n) is 6.70. The van der Waals surface area contributed by atoms with Gasteiger partial charge >= 0.3 is 5.97 Å². The predicted molar refractivity (Wildman–Crippen MR) is 219 cm³/mol. The first-order valence-electron chi connectivity index (χ1n) is 18.7. The van der Waals surface area contributed by atoms with E-state index < -0.39 is 13.2 Å². The third kappa shape index (κ3) is 10.8. The summed E-state index contributed by atoms with van der Waals surface area (Å²) < 4.78 is 18.7. The third-order valence-corrected chi connectivity index (χ3v) is 13.9. The highest BCUT2D eigenvalue weighted by Gasteiger charge is 2.45. The number of hydrogen-bond donors (Lipinski definition) is 1. The first-order chi connectivity index (χ1) is 26.1. The van der Waals surface area contributed by atoms with Gasteiger partial charge in [-0.25, -0.2) is 0 Å². The second-order valence-corrected chi connectivity index (χ2v) is 16.8. The van der Waals surface area contributed by atoms with Gasteiger partial charge < -0.3 is 19.3 Å². The topological polar surface area (TPSA) is 65.0 Å². The summed E-state index contributed by atoms with van der Waals surface area (Å²) in [7, 11) is -2.16. The number of para-hydroxylation sites is 3. The fraction of sp³-hybridized carbons (Fsp3) is 0.213. The van der Waals surface area contributed by atoms with Crippen LogP contribution >= 0.6 is 7.26 Å². The SMILES string of the molecule is O=C(O)CCCCCCCCCC[P+](c1ccc(Oc2ccccc2)cc1)(c1ccc(Oc2ccccc2)cc1)c1ccc(Oc2ccccc2)cc1. The van der Waals surface area contributed by atoms with Crippen molar-refractivity contribution in [1.29, 1.82) is 0 Å². The maximum atomic E-state index is 10.9. The maximum Gasteiger partial charge on any atom is 0.303 e. The molecule has 270 valence electrons. The molecule has 5 nitrogen and oxygen atoms in total. The monoisotopic (exact) mass is 723 g/mol. The Kier molecular flexibility index (Phi) is 13.7. The summed E-state index contributed by atoms with van der Waals surface area (Å²) >= 11 is 0. The Hall–Kier alpha value is -5.38. The Labute approximate surface area is 314 Å². The fourth-order valence-corrected chi connectivity index (χ4v) is 11.0. The summed E-state index contributed by atoms with van der Waals surface area (Å²) in [5.74, 6) is 4.15. The molecule has 0 atom stereocenters. The highest BCUT2D eigenvalue weighted by Crippen LogP contribution is 2.56. The van der Waals surface area contributed by atoms with E-state index in [-0.39, 0.29) is 6.42 Å². The number of aliphatic carboxylic acids is 1. The molecule has 6 aromatic rings. The second kappa shape index (κ2) is 19.5. The molecule has 0 aliphatic carbocycles. The zero-order chi connectivity index (χ0) is 36.6. The number of carboxylic acids is 1. The van der Waals surface area contributed by atoms with Gasteiger partial charge in [-0.3, -0.25) is 4.79 Å². The molecule has 6 rings (SSSR count).